The Morgan fingerprint density at radius 1 is 0.655 bits per heavy atom. The van der Waals surface area contributed by atoms with Gasteiger partial charge in [0.2, 0.25) is 0 Å². The minimum Gasteiger partial charge on any atom is -0.207 e. The van der Waals surface area contributed by atoms with Crippen molar-refractivity contribution < 1.29 is 4.57 Å². The van der Waals surface area contributed by atoms with Gasteiger partial charge in [-0.2, -0.15) is 0 Å². The fourth-order valence-electron chi connectivity index (χ4n) is 3.65. The molecule has 0 amide bonds. The van der Waals surface area contributed by atoms with Crippen LogP contribution in [-0.2, 0) is 11.8 Å². The van der Waals surface area contributed by atoms with Gasteiger partial charge in [0.15, 0.2) is 12.4 Å². The summed E-state index contributed by atoms with van der Waals surface area (Å²) in [6.07, 6.45) is 6.37. The number of aromatic nitrogens is 1. The molecule has 4 rings (SSSR count). The molecule has 0 saturated heterocycles. The molecular formula is C27H24NS+. The lowest BCUT2D eigenvalue weighted by atomic mass is 9.84. The number of nitrogens with zero attached hydrogens (tertiary/aromatic N) is 1. The third-order valence-corrected chi connectivity index (χ3v) is 6.34. The monoisotopic (exact) mass is 394 g/mol. The third-order valence-electron chi connectivity index (χ3n) is 5.01. The van der Waals surface area contributed by atoms with Crippen LogP contribution in [-0.4, -0.2) is 0 Å². The van der Waals surface area contributed by atoms with Crippen LogP contribution in [0.5, 0.6) is 0 Å². The number of thioether (sulfide) groups is 1. The Bertz CT molecular complexity index is 976. The maximum Gasteiger partial charge on any atom is 0.175 e. The highest BCUT2D eigenvalue weighted by Crippen LogP contribution is 2.49. The van der Waals surface area contributed by atoms with Crippen LogP contribution in [0.25, 0.3) is 6.08 Å². The topological polar surface area (TPSA) is 3.88 Å². The number of aryl methyl sites for hydroxylation is 1. The zero-order valence-electron chi connectivity index (χ0n) is 16.5. The Morgan fingerprint density at radius 2 is 1.14 bits per heavy atom. The Morgan fingerprint density at radius 3 is 1.59 bits per heavy atom. The van der Waals surface area contributed by atoms with Crippen LogP contribution in [0.3, 0.4) is 0 Å². The lowest BCUT2D eigenvalue weighted by molar-refractivity contribution is -0.671. The van der Waals surface area contributed by atoms with Crippen molar-refractivity contribution >= 4 is 17.8 Å². The second-order valence-electron chi connectivity index (χ2n) is 7.00. The van der Waals surface area contributed by atoms with E-state index in [1.807, 2.05) is 25.0 Å². The van der Waals surface area contributed by atoms with Crippen LogP contribution >= 0.6 is 11.8 Å². The molecule has 0 radical (unpaired) electrons. The minimum atomic E-state index is -0.322. The van der Waals surface area contributed by atoms with E-state index in [4.69, 9.17) is 0 Å². The van der Waals surface area contributed by atoms with Gasteiger partial charge in [0.25, 0.3) is 0 Å². The molecule has 0 aliphatic rings. The lowest BCUT2D eigenvalue weighted by Crippen LogP contribution is -2.26. The molecule has 1 aromatic heterocycles. The molecule has 0 atom stereocenters. The second kappa shape index (κ2) is 8.93. The average Bonchev–Trinajstić information content (AvgIpc) is 2.79. The van der Waals surface area contributed by atoms with Crippen LogP contribution < -0.4 is 4.57 Å². The quantitative estimate of drug-likeness (QED) is 0.278. The zero-order chi connectivity index (χ0) is 19.9. The summed E-state index contributed by atoms with van der Waals surface area (Å²) in [6.45, 7) is 0. The summed E-state index contributed by atoms with van der Waals surface area (Å²) < 4.78 is 1.75. The number of benzene rings is 3. The summed E-state index contributed by atoms with van der Waals surface area (Å²) in [5.74, 6) is 0. The highest BCUT2D eigenvalue weighted by atomic mass is 32.2. The van der Waals surface area contributed by atoms with Crippen molar-refractivity contribution in [2.45, 2.75) is 4.75 Å². The van der Waals surface area contributed by atoms with Crippen LogP contribution in [0.2, 0.25) is 0 Å². The van der Waals surface area contributed by atoms with Gasteiger partial charge in [0.1, 0.15) is 7.05 Å². The van der Waals surface area contributed by atoms with Crippen LogP contribution in [0.15, 0.2) is 121 Å². The standard InChI is InChI=1S/C27H24NS/c1-28-20-11-12-23(22-28)19-21-29-27(24-13-5-2-6-14-24,25-15-7-3-8-16-25)26-17-9-4-10-18-26/h2-22H,1H3/q+1/b21-19-. The van der Waals surface area contributed by atoms with Crippen molar-refractivity contribution in [1.82, 2.24) is 0 Å². The highest BCUT2D eigenvalue weighted by molar-refractivity contribution is 8.03. The number of rotatable bonds is 6. The number of pyridine rings is 1. The molecule has 142 valence electrons. The second-order valence-corrected chi connectivity index (χ2v) is 8.12. The van der Waals surface area contributed by atoms with Gasteiger partial charge in [0.05, 0.1) is 4.75 Å². The van der Waals surface area contributed by atoms with Crippen LogP contribution in [0.4, 0.5) is 0 Å². The summed E-state index contributed by atoms with van der Waals surface area (Å²) in [4.78, 5) is 0. The molecule has 0 aliphatic carbocycles. The van der Waals surface area contributed by atoms with Crippen molar-refractivity contribution in [3.8, 4) is 0 Å². The van der Waals surface area contributed by atoms with Crippen molar-refractivity contribution in [2.24, 2.45) is 7.05 Å². The number of hydrogen-bond acceptors (Lipinski definition) is 1. The van der Waals surface area contributed by atoms with E-state index in [1.165, 1.54) is 22.3 Å². The third kappa shape index (κ3) is 4.18. The van der Waals surface area contributed by atoms with Crippen LogP contribution in [0, 0.1) is 0 Å². The molecule has 1 heterocycles. The molecular weight excluding hydrogens is 370 g/mol. The predicted octanol–water partition coefficient (Wildman–Crippen LogP) is 6.21. The predicted molar refractivity (Wildman–Crippen MR) is 123 cm³/mol. The van der Waals surface area contributed by atoms with Crippen molar-refractivity contribution in [1.29, 1.82) is 0 Å². The molecule has 4 aromatic rings. The van der Waals surface area contributed by atoms with E-state index in [0.717, 1.165) is 0 Å². The van der Waals surface area contributed by atoms with Gasteiger partial charge >= 0.3 is 0 Å². The van der Waals surface area contributed by atoms with Crippen molar-refractivity contribution in [2.75, 3.05) is 0 Å². The molecule has 0 unspecified atom stereocenters. The fraction of sp³-hybridized carbons (Fsp3) is 0.0741. The summed E-state index contributed by atoms with van der Waals surface area (Å²) in [7, 11) is 2.05. The van der Waals surface area contributed by atoms with E-state index in [2.05, 4.69) is 125 Å². The van der Waals surface area contributed by atoms with Crippen molar-refractivity contribution in [3.05, 3.63) is 143 Å². The van der Waals surface area contributed by atoms with E-state index >= 15 is 0 Å². The highest BCUT2D eigenvalue weighted by Gasteiger charge is 2.36. The van der Waals surface area contributed by atoms with Gasteiger partial charge in [-0.3, -0.25) is 0 Å². The molecule has 0 saturated carbocycles. The molecule has 0 fully saturated rings. The first-order valence-electron chi connectivity index (χ1n) is 9.75. The first-order valence-corrected chi connectivity index (χ1v) is 10.6. The molecule has 2 heteroatoms. The summed E-state index contributed by atoms with van der Waals surface area (Å²) >= 11 is 1.84. The minimum absolute atomic E-state index is 0.322. The molecule has 0 spiro atoms. The first-order chi connectivity index (χ1) is 14.3. The van der Waals surface area contributed by atoms with Crippen LogP contribution in [0.1, 0.15) is 22.3 Å². The number of hydrogen-bond donors (Lipinski definition) is 0. The van der Waals surface area contributed by atoms with Gasteiger partial charge in [-0.1, -0.05) is 91.0 Å². The fourth-order valence-corrected chi connectivity index (χ4v) is 4.89. The first kappa shape index (κ1) is 19.2. The van der Waals surface area contributed by atoms with Gasteiger partial charge in [-0.25, -0.2) is 4.57 Å². The van der Waals surface area contributed by atoms with Crippen molar-refractivity contribution in [3.63, 3.8) is 0 Å². The normalized spacial score (nSPS) is 11.6. The molecule has 0 bridgehead atoms. The molecule has 0 N–H and O–H groups in total. The molecule has 0 aliphatic heterocycles. The van der Waals surface area contributed by atoms with E-state index in [9.17, 15) is 0 Å². The summed E-state index contributed by atoms with van der Waals surface area (Å²) in [5.41, 5.74) is 4.99. The van der Waals surface area contributed by atoms with Gasteiger partial charge in [-0.15, -0.1) is 11.8 Å². The maximum absolute atomic E-state index is 2.23. The molecule has 29 heavy (non-hydrogen) atoms. The van der Waals surface area contributed by atoms with Gasteiger partial charge < -0.3 is 0 Å². The van der Waals surface area contributed by atoms with E-state index in [0.29, 0.717) is 0 Å². The zero-order valence-corrected chi connectivity index (χ0v) is 17.3. The smallest absolute Gasteiger partial charge is 0.175 e. The maximum atomic E-state index is 2.23. The summed E-state index contributed by atoms with van der Waals surface area (Å²) in [5, 5.41) is 2.22. The Labute approximate surface area is 177 Å². The lowest BCUT2D eigenvalue weighted by Gasteiger charge is -2.34. The van der Waals surface area contributed by atoms with E-state index in [-0.39, 0.29) is 4.75 Å². The van der Waals surface area contributed by atoms with Gasteiger partial charge in [0, 0.05) is 11.6 Å². The largest absolute Gasteiger partial charge is 0.207 e. The van der Waals surface area contributed by atoms with E-state index in [1.54, 1.807) is 0 Å². The summed E-state index contributed by atoms with van der Waals surface area (Å²) in [6, 6.07) is 36.5. The Hall–Kier alpha value is -3.10. The SMILES string of the molecule is C[n+]1cccc(/C=C\SC(c2ccccc2)(c2ccccc2)c2ccccc2)c1. The molecule has 3 aromatic carbocycles. The van der Waals surface area contributed by atoms with Gasteiger partial charge in [-0.05, 0) is 34.2 Å². The molecule has 1 nitrogen and oxygen atoms in total. The van der Waals surface area contributed by atoms with E-state index < -0.39 is 0 Å². The average molecular weight is 395 g/mol. The Balaban J connectivity index is 1.86. The Kier molecular flexibility index (Phi) is 5.92.